The predicted octanol–water partition coefficient (Wildman–Crippen LogP) is 5.11. The molecule has 3 aromatic rings. The highest BCUT2D eigenvalue weighted by molar-refractivity contribution is 9.10. The van der Waals surface area contributed by atoms with Gasteiger partial charge in [-0.3, -0.25) is 4.79 Å². The summed E-state index contributed by atoms with van der Waals surface area (Å²) in [6, 6.07) is 23.2. The molecule has 0 radical (unpaired) electrons. The van der Waals surface area contributed by atoms with E-state index >= 15 is 0 Å². The van der Waals surface area contributed by atoms with E-state index in [2.05, 4.69) is 21.2 Å². The molecule has 1 N–H and O–H groups in total. The molecule has 120 valence electrons. The third-order valence-corrected chi connectivity index (χ3v) is 4.37. The summed E-state index contributed by atoms with van der Waals surface area (Å²) in [6.07, 6.45) is 0. The van der Waals surface area contributed by atoms with Crippen molar-refractivity contribution in [1.82, 2.24) is 5.32 Å². The van der Waals surface area contributed by atoms with Crippen LogP contribution in [0, 0.1) is 5.82 Å². The molecule has 0 aliphatic carbocycles. The molecule has 0 aromatic heterocycles. The predicted molar refractivity (Wildman–Crippen MR) is 96.3 cm³/mol. The van der Waals surface area contributed by atoms with Crippen molar-refractivity contribution in [3.8, 4) is 0 Å². The van der Waals surface area contributed by atoms with E-state index in [0.717, 1.165) is 11.1 Å². The number of carbonyl (C=O) groups excluding carboxylic acids is 1. The van der Waals surface area contributed by atoms with Crippen molar-refractivity contribution in [3.63, 3.8) is 0 Å². The van der Waals surface area contributed by atoms with Gasteiger partial charge in [-0.05, 0) is 45.3 Å². The number of nitrogens with one attached hydrogen (secondary N) is 1. The monoisotopic (exact) mass is 383 g/mol. The SMILES string of the molecule is O=C(NC(c1ccccc1)c1ccccc1)c1ccc(F)cc1Br. The first-order chi connectivity index (χ1) is 11.6. The van der Waals surface area contributed by atoms with Crippen molar-refractivity contribution >= 4 is 21.8 Å². The maximum atomic E-state index is 13.2. The van der Waals surface area contributed by atoms with Gasteiger partial charge in [-0.15, -0.1) is 0 Å². The highest BCUT2D eigenvalue weighted by Gasteiger charge is 2.19. The summed E-state index contributed by atoms with van der Waals surface area (Å²) in [5, 5.41) is 3.03. The van der Waals surface area contributed by atoms with Crippen LogP contribution in [0.1, 0.15) is 27.5 Å². The Morgan fingerprint density at radius 3 is 1.92 bits per heavy atom. The summed E-state index contributed by atoms with van der Waals surface area (Å²) in [4.78, 5) is 12.7. The van der Waals surface area contributed by atoms with Crippen LogP contribution in [0.4, 0.5) is 4.39 Å². The van der Waals surface area contributed by atoms with Gasteiger partial charge in [0, 0.05) is 4.47 Å². The maximum Gasteiger partial charge on any atom is 0.253 e. The number of benzene rings is 3. The summed E-state index contributed by atoms with van der Waals surface area (Å²) in [5.74, 6) is -0.652. The molecule has 0 saturated carbocycles. The van der Waals surface area contributed by atoms with Crippen LogP contribution in [-0.2, 0) is 0 Å². The Balaban J connectivity index is 1.94. The van der Waals surface area contributed by atoms with Gasteiger partial charge < -0.3 is 5.32 Å². The second kappa shape index (κ2) is 7.41. The third kappa shape index (κ3) is 3.71. The van der Waals surface area contributed by atoms with E-state index in [1.165, 1.54) is 18.2 Å². The van der Waals surface area contributed by atoms with E-state index in [1.807, 2.05) is 60.7 Å². The van der Waals surface area contributed by atoms with E-state index in [-0.39, 0.29) is 17.8 Å². The minimum atomic E-state index is -0.388. The van der Waals surface area contributed by atoms with Crippen LogP contribution >= 0.6 is 15.9 Å². The van der Waals surface area contributed by atoms with Crippen molar-refractivity contribution in [2.75, 3.05) is 0 Å². The zero-order valence-electron chi connectivity index (χ0n) is 12.7. The topological polar surface area (TPSA) is 29.1 Å². The second-order valence-electron chi connectivity index (χ2n) is 5.35. The molecule has 0 bridgehead atoms. The van der Waals surface area contributed by atoms with E-state index < -0.39 is 0 Å². The molecule has 2 nitrogen and oxygen atoms in total. The van der Waals surface area contributed by atoms with Gasteiger partial charge in [0.2, 0.25) is 0 Å². The molecule has 4 heteroatoms. The normalized spacial score (nSPS) is 10.6. The summed E-state index contributed by atoms with van der Waals surface area (Å²) in [7, 11) is 0. The second-order valence-corrected chi connectivity index (χ2v) is 6.21. The van der Waals surface area contributed by atoms with Crippen LogP contribution in [0.5, 0.6) is 0 Å². The van der Waals surface area contributed by atoms with Gasteiger partial charge in [0.1, 0.15) is 5.82 Å². The van der Waals surface area contributed by atoms with Crippen LogP contribution in [0.15, 0.2) is 83.3 Å². The lowest BCUT2D eigenvalue weighted by atomic mass is 9.98. The molecule has 0 aliphatic rings. The fourth-order valence-electron chi connectivity index (χ4n) is 2.53. The van der Waals surface area contributed by atoms with Crippen molar-refractivity contribution in [2.45, 2.75) is 6.04 Å². The van der Waals surface area contributed by atoms with Gasteiger partial charge in [0.25, 0.3) is 5.91 Å². The molecule has 0 unspecified atom stereocenters. The molecule has 0 heterocycles. The van der Waals surface area contributed by atoms with Crippen LogP contribution in [-0.4, -0.2) is 5.91 Å². The minimum absolute atomic E-state index is 0.264. The molecule has 0 aliphatic heterocycles. The Morgan fingerprint density at radius 1 is 0.875 bits per heavy atom. The largest absolute Gasteiger partial charge is 0.341 e. The molecule has 0 atom stereocenters. The van der Waals surface area contributed by atoms with E-state index in [9.17, 15) is 9.18 Å². The molecule has 3 rings (SSSR count). The van der Waals surface area contributed by atoms with Gasteiger partial charge in [0.05, 0.1) is 11.6 Å². The van der Waals surface area contributed by atoms with Crippen molar-refractivity contribution < 1.29 is 9.18 Å². The summed E-state index contributed by atoms with van der Waals surface area (Å²) in [6.45, 7) is 0. The van der Waals surface area contributed by atoms with E-state index in [0.29, 0.717) is 10.0 Å². The standard InChI is InChI=1S/C20H15BrFNO/c21-18-13-16(22)11-12-17(18)20(24)23-19(14-7-3-1-4-8-14)15-9-5-2-6-10-15/h1-13,19H,(H,23,24). The zero-order valence-corrected chi connectivity index (χ0v) is 14.3. The highest BCUT2D eigenvalue weighted by atomic mass is 79.9. The lowest BCUT2D eigenvalue weighted by Crippen LogP contribution is -2.29. The van der Waals surface area contributed by atoms with Crippen molar-refractivity contribution in [3.05, 3.63) is 106 Å². The first-order valence-corrected chi connectivity index (χ1v) is 8.30. The van der Waals surface area contributed by atoms with Gasteiger partial charge >= 0.3 is 0 Å². The fraction of sp³-hybridized carbons (Fsp3) is 0.0500. The number of carbonyl (C=O) groups is 1. The van der Waals surface area contributed by atoms with Crippen molar-refractivity contribution in [2.24, 2.45) is 0 Å². The molecule has 24 heavy (non-hydrogen) atoms. The lowest BCUT2D eigenvalue weighted by molar-refractivity contribution is 0.0942. The van der Waals surface area contributed by atoms with Gasteiger partial charge in [-0.1, -0.05) is 60.7 Å². The van der Waals surface area contributed by atoms with Crippen LogP contribution in [0.25, 0.3) is 0 Å². The number of halogens is 2. The first-order valence-electron chi connectivity index (χ1n) is 7.51. The molecule has 0 saturated heterocycles. The Morgan fingerprint density at radius 2 is 1.42 bits per heavy atom. The smallest absolute Gasteiger partial charge is 0.253 e. The van der Waals surface area contributed by atoms with Gasteiger partial charge in [0.15, 0.2) is 0 Å². The van der Waals surface area contributed by atoms with Gasteiger partial charge in [-0.25, -0.2) is 4.39 Å². The molecule has 3 aromatic carbocycles. The number of hydrogen-bond acceptors (Lipinski definition) is 1. The average Bonchev–Trinajstić information content (AvgIpc) is 2.61. The molecule has 0 spiro atoms. The van der Waals surface area contributed by atoms with E-state index in [1.54, 1.807) is 0 Å². The average molecular weight is 384 g/mol. The number of rotatable bonds is 4. The van der Waals surface area contributed by atoms with Crippen LogP contribution in [0.3, 0.4) is 0 Å². The summed E-state index contributed by atoms with van der Waals surface area (Å²) >= 11 is 3.25. The maximum absolute atomic E-state index is 13.2. The van der Waals surface area contributed by atoms with E-state index in [4.69, 9.17) is 0 Å². The molecule has 1 amide bonds. The quantitative estimate of drug-likeness (QED) is 0.666. The first kappa shape index (κ1) is 16.4. The highest BCUT2D eigenvalue weighted by Crippen LogP contribution is 2.24. The Bertz CT molecular complexity index is 797. The molecular weight excluding hydrogens is 369 g/mol. The minimum Gasteiger partial charge on any atom is -0.341 e. The third-order valence-electron chi connectivity index (χ3n) is 3.72. The fourth-order valence-corrected chi connectivity index (χ4v) is 3.06. The Hall–Kier alpha value is -2.46. The Labute approximate surface area is 148 Å². The number of hydrogen-bond donors (Lipinski definition) is 1. The van der Waals surface area contributed by atoms with Gasteiger partial charge in [-0.2, -0.15) is 0 Å². The molecular formula is C20H15BrFNO. The lowest BCUT2D eigenvalue weighted by Gasteiger charge is -2.20. The Kier molecular flexibility index (Phi) is 5.06. The van der Waals surface area contributed by atoms with Crippen LogP contribution < -0.4 is 5.32 Å². The number of amides is 1. The summed E-state index contributed by atoms with van der Waals surface area (Å²) in [5.41, 5.74) is 2.36. The molecule has 0 fully saturated rings. The van der Waals surface area contributed by atoms with Crippen LogP contribution in [0.2, 0.25) is 0 Å². The zero-order chi connectivity index (χ0) is 16.9. The summed E-state index contributed by atoms with van der Waals surface area (Å²) < 4.78 is 13.7. The van der Waals surface area contributed by atoms with Crippen molar-refractivity contribution in [1.29, 1.82) is 0 Å².